The van der Waals surface area contributed by atoms with Crippen molar-refractivity contribution in [3.63, 3.8) is 0 Å². The number of carbonyl (C=O) groups excluding carboxylic acids is 2. The molecular formula is C25H30N2O7. The van der Waals surface area contributed by atoms with Crippen LogP contribution in [-0.4, -0.2) is 64.0 Å². The maximum absolute atomic E-state index is 13.4. The van der Waals surface area contributed by atoms with Crippen molar-refractivity contribution in [2.24, 2.45) is 5.92 Å². The predicted molar refractivity (Wildman–Crippen MR) is 124 cm³/mol. The van der Waals surface area contributed by atoms with E-state index in [1.807, 2.05) is 26.0 Å². The second-order valence-corrected chi connectivity index (χ2v) is 8.61. The number of carbonyl (C=O) groups is 2. The fourth-order valence-corrected chi connectivity index (χ4v) is 4.49. The fraction of sp³-hybridized carbons (Fsp3) is 0.440. The summed E-state index contributed by atoms with van der Waals surface area (Å²) in [6.45, 7) is 4.61. The Hall–Kier alpha value is -3.62. The highest BCUT2D eigenvalue weighted by atomic mass is 16.7. The van der Waals surface area contributed by atoms with Gasteiger partial charge in [-0.25, -0.2) is 0 Å². The predicted octanol–water partition coefficient (Wildman–Crippen LogP) is 2.82. The Morgan fingerprint density at radius 3 is 2.26 bits per heavy atom. The molecule has 9 nitrogen and oxygen atoms in total. The van der Waals surface area contributed by atoms with Crippen molar-refractivity contribution >= 4 is 11.8 Å². The number of methoxy groups -OCH3 is 3. The van der Waals surface area contributed by atoms with Crippen molar-refractivity contribution < 1.29 is 33.3 Å². The third kappa shape index (κ3) is 4.42. The minimum atomic E-state index is -0.442. The van der Waals surface area contributed by atoms with E-state index >= 15 is 0 Å². The number of nitrogens with zero attached hydrogens (tertiary/aromatic N) is 1. The summed E-state index contributed by atoms with van der Waals surface area (Å²) in [6.07, 6.45) is 0. The number of hydrogen-bond acceptors (Lipinski definition) is 7. The molecule has 1 fully saturated rings. The molecule has 0 bridgehead atoms. The van der Waals surface area contributed by atoms with Gasteiger partial charge in [0.25, 0.3) is 5.91 Å². The number of amides is 2. The fourth-order valence-electron chi connectivity index (χ4n) is 4.49. The third-order valence-corrected chi connectivity index (χ3v) is 6.11. The lowest BCUT2D eigenvalue weighted by atomic mass is 9.87. The van der Waals surface area contributed by atoms with Gasteiger partial charge >= 0.3 is 0 Å². The lowest BCUT2D eigenvalue weighted by Crippen LogP contribution is -2.39. The molecule has 1 N–H and O–H groups in total. The Morgan fingerprint density at radius 2 is 1.65 bits per heavy atom. The first-order valence-corrected chi connectivity index (χ1v) is 11.2. The first-order valence-electron chi connectivity index (χ1n) is 11.2. The molecule has 4 rings (SSSR count). The highest BCUT2D eigenvalue weighted by Crippen LogP contribution is 2.43. The molecule has 1 saturated heterocycles. The first kappa shape index (κ1) is 23.5. The molecule has 0 saturated carbocycles. The van der Waals surface area contributed by atoms with Gasteiger partial charge in [0.2, 0.25) is 18.4 Å². The maximum atomic E-state index is 13.4. The van der Waals surface area contributed by atoms with Gasteiger partial charge in [0.05, 0.1) is 27.2 Å². The van der Waals surface area contributed by atoms with Crippen molar-refractivity contribution in [1.29, 1.82) is 0 Å². The number of fused-ring (bicyclic) bond motifs is 1. The van der Waals surface area contributed by atoms with Gasteiger partial charge in [-0.3, -0.25) is 9.59 Å². The highest BCUT2D eigenvalue weighted by Gasteiger charge is 2.41. The average molecular weight is 471 g/mol. The van der Waals surface area contributed by atoms with E-state index in [1.54, 1.807) is 44.4 Å². The van der Waals surface area contributed by atoms with Crippen LogP contribution in [0, 0.1) is 5.92 Å². The molecule has 2 aromatic carbocycles. The molecule has 2 amide bonds. The van der Waals surface area contributed by atoms with Gasteiger partial charge in [-0.1, -0.05) is 0 Å². The summed E-state index contributed by atoms with van der Waals surface area (Å²) >= 11 is 0. The van der Waals surface area contributed by atoms with Crippen LogP contribution in [-0.2, 0) is 4.79 Å². The SMILES string of the molecule is COc1cc(C2CN(C(=O)c3ccc4c(c3)OCO4)CC2C(=O)NC(C)C)cc(OC)c1OC. The molecular weight excluding hydrogens is 440 g/mol. The normalized spacial score (nSPS) is 18.7. The minimum absolute atomic E-state index is 0.0216. The summed E-state index contributed by atoms with van der Waals surface area (Å²) in [5, 5.41) is 3.00. The van der Waals surface area contributed by atoms with Gasteiger partial charge in [0.15, 0.2) is 23.0 Å². The molecule has 2 unspecified atom stereocenters. The van der Waals surface area contributed by atoms with Gasteiger partial charge in [-0.05, 0) is 49.7 Å². The van der Waals surface area contributed by atoms with Crippen LogP contribution >= 0.6 is 0 Å². The van der Waals surface area contributed by atoms with Crippen LogP contribution in [0.2, 0.25) is 0 Å². The van der Waals surface area contributed by atoms with Crippen LogP contribution in [0.1, 0.15) is 35.7 Å². The molecule has 2 aliphatic heterocycles. The summed E-state index contributed by atoms with van der Waals surface area (Å²) in [5.41, 5.74) is 1.32. The lowest BCUT2D eigenvalue weighted by molar-refractivity contribution is -0.125. The molecule has 0 aromatic heterocycles. The Bertz CT molecular complexity index is 1060. The van der Waals surface area contributed by atoms with Crippen molar-refractivity contribution in [2.45, 2.75) is 25.8 Å². The zero-order valence-electron chi connectivity index (χ0n) is 20.0. The minimum Gasteiger partial charge on any atom is -0.493 e. The first-order chi connectivity index (χ1) is 16.4. The van der Waals surface area contributed by atoms with Gasteiger partial charge < -0.3 is 33.9 Å². The second-order valence-electron chi connectivity index (χ2n) is 8.61. The van der Waals surface area contributed by atoms with E-state index in [0.29, 0.717) is 40.9 Å². The average Bonchev–Trinajstić information content (AvgIpc) is 3.49. The summed E-state index contributed by atoms with van der Waals surface area (Å²) < 4.78 is 27.2. The quantitative estimate of drug-likeness (QED) is 0.665. The number of nitrogens with one attached hydrogen (secondary N) is 1. The van der Waals surface area contributed by atoms with Gasteiger partial charge in [-0.15, -0.1) is 0 Å². The smallest absolute Gasteiger partial charge is 0.254 e. The van der Waals surface area contributed by atoms with Crippen LogP contribution < -0.4 is 29.0 Å². The number of hydrogen-bond donors (Lipinski definition) is 1. The lowest BCUT2D eigenvalue weighted by Gasteiger charge is -2.21. The molecule has 9 heteroatoms. The van der Waals surface area contributed by atoms with Crippen LogP contribution in [0.5, 0.6) is 28.7 Å². The topological polar surface area (TPSA) is 95.6 Å². The highest BCUT2D eigenvalue weighted by molar-refractivity contribution is 5.96. The van der Waals surface area contributed by atoms with Crippen molar-refractivity contribution in [3.05, 3.63) is 41.5 Å². The Kier molecular flexibility index (Phi) is 6.72. The summed E-state index contributed by atoms with van der Waals surface area (Å²) in [6, 6.07) is 8.79. The van der Waals surface area contributed by atoms with Crippen LogP contribution in [0.3, 0.4) is 0 Å². The largest absolute Gasteiger partial charge is 0.493 e. The molecule has 2 heterocycles. The van der Waals surface area contributed by atoms with Gasteiger partial charge in [-0.2, -0.15) is 0 Å². The Balaban J connectivity index is 1.67. The van der Waals surface area contributed by atoms with E-state index in [0.717, 1.165) is 5.56 Å². The standard InChI is InChI=1S/C25H30N2O7/c1-14(2)26-24(28)18-12-27(25(29)15-6-7-19-20(8-15)34-13-33-19)11-17(18)16-9-21(30-3)23(32-5)22(10-16)31-4/h6-10,14,17-18H,11-13H2,1-5H3,(H,26,28). The molecule has 2 atom stereocenters. The number of likely N-dealkylation sites (tertiary alicyclic amines) is 1. The zero-order valence-corrected chi connectivity index (χ0v) is 20.0. The molecule has 0 radical (unpaired) electrons. The van der Waals surface area contributed by atoms with Crippen molar-refractivity contribution in [1.82, 2.24) is 10.2 Å². The molecule has 2 aliphatic rings. The molecule has 0 aliphatic carbocycles. The second kappa shape index (κ2) is 9.70. The van der Waals surface area contributed by atoms with E-state index < -0.39 is 5.92 Å². The van der Waals surface area contributed by atoms with Crippen molar-refractivity contribution in [3.8, 4) is 28.7 Å². The monoisotopic (exact) mass is 470 g/mol. The molecule has 34 heavy (non-hydrogen) atoms. The number of rotatable bonds is 7. The van der Waals surface area contributed by atoms with Gasteiger partial charge in [0, 0.05) is 30.6 Å². The van der Waals surface area contributed by atoms with Gasteiger partial charge in [0.1, 0.15) is 0 Å². The van der Waals surface area contributed by atoms with E-state index in [4.69, 9.17) is 23.7 Å². The number of benzene rings is 2. The number of ether oxygens (including phenoxy) is 5. The molecule has 2 aromatic rings. The Labute approximate surface area is 198 Å². The summed E-state index contributed by atoms with van der Waals surface area (Å²) in [4.78, 5) is 28.3. The van der Waals surface area contributed by atoms with Crippen LogP contribution in [0.15, 0.2) is 30.3 Å². The maximum Gasteiger partial charge on any atom is 0.254 e. The zero-order chi connectivity index (χ0) is 24.4. The molecule has 0 spiro atoms. The van der Waals surface area contributed by atoms with E-state index in [2.05, 4.69) is 5.32 Å². The van der Waals surface area contributed by atoms with E-state index in [9.17, 15) is 9.59 Å². The van der Waals surface area contributed by atoms with Crippen molar-refractivity contribution in [2.75, 3.05) is 41.2 Å². The van der Waals surface area contributed by atoms with Crippen LogP contribution in [0.4, 0.5) is 0 Å². The Morgan fingerprint density at radius 1 is 0.971 bits per heavy atom. The molecule has 182 valence electrons. The van der Waals surface area contributed by atoms with E-state index in [-0.39, 0.29) is 37.1 Å². The summed E-state index contributed by atoms with van der Waals surface area (Å²) in [5.74, 6) is 1.66. The summed E-state index contributed by atoms with van der Waals surface area (Å²) in [7, 11) is 4.64. The van der Waals surface area contributed by atoms with E-state index in [1.165, 1.54) is 0 Å². The van der Waals surface area contributed by atoms with Crippen LogP contribution in [0.25, 0.3) is 0 Å². The third-order valence-electron chi connectivity index (χ3n) is 6.11.